The van der Waals surface area contributed by atoms with Gasteiger partial charge in [0.1, 0.15) is 95.7 Å². The molecule has 0 bridgehead atoms. The molecule has 0 spiro atoms. The molecule has 5 saturated heterocycles. The van der Waals surface area contributed by atoms with Gasteiger partial charge < -0.3 is 98.1 Å². The van der Waals surface area contributed by atoms with Crippen LogP contribution in [-0.2, 0) is 24.0 Å². The molecule has 0 saturated carbocycles. The van der Waals surface area contributed by atoms with E-state index in [4.69, 9.17) is 89.1 Å². The quantitative estimate of drug-likeness (QED) is 0.0601. The lowest BCUT2D eigenvalue weighted by Gasteiger charge is -2.41. The van der Waals surface area contributed by atoms with Crippen LogP contribution in [0.5, 0.6) is 0 Å². The number of anilines is 5. The van der Waals surface area contributed by atoms with Crippen molar-refractivity contribution in [2.24, 2.45) is 29.5 Å². The molecule has 117 heavy (non-hydrogen) atoms. The topological polar surface area (TPSA) is 347 Å². The maximum atomic E-state index is 12.9. The molecule has 0 aliphatic carbocycles. The van der Waals surface area contributed by atoms with Gasteiger partial charge >= 0.3 is 29.5 Å². The molecule has 35 nitrogen and oxygen atoms in total. The summed E-state index contributed by atoms with van der Waals surface area (Å²) in [6.07, 6.45) is -2.44. The summed E-state index contributed by atoms with van der Waals surface area (Å²) in [7, 11) is 0. The van der Waals surface area contributed by atoms with E-state index in [0.717, 1.165) is 20.8 Å². The highest BCUT2D eigenvalue weighted by Crippen LogP contribution is 2.35. The van der Waals surface area contributed by atoms with E-state index in [9.17, 15) is 26.7 Å². The van der Waals surface area contributed by atoms with Gasteiger partial charge in [-0.25, -0.2) is 82.7 Å². The Bertz CT molecular complexity index is 7230. The first-order valence-corrected chi connectivity index (χ1v) is 35.6. The molecule has 10 atom stereocenters. The van der Waals surface area contributed by atoms with Crippen LogP contribution in [0, 0.1) is 76.2 Å². The molecule has 0 aromatic carbocycles. The third-order valence-corrected chi connectivity index (χ3v) is 19.2. The smallest absolute Gasteiger partial charge is 0.302 e. The Balaban J connectivity index is 0.000000189. The minimum atomic E-state index is -4.29. The molecule has 5 aliphatic heterocycles. The maximum absolute atomic E-state index is 12.9. The second kappa shape index (κ2) is 38.8. The molecule has 15 heterocycles. The van der Waals surface area contributed by atoms with Crippen molar-refractivity contribution in [2.75, 3.05) is 157 Å². The van der Waals surface area contributed by atoms with Gasteiger partial charge in [-0.15, -0.1) is 0 Å². The molecule has 0 unspecified atom stereocenters. The monoisotopic (exact) mass is 1630 g/mol. The number of nitrogens with zero attached hydrogens (tertiary/aromatic N) is 25. The summed E-state index contributed by atoms with van der Waals surface area (Å²) in [6, 6.07) is -5.93. The molecule has 5 aliphatic rings. The molecule has 0 radical (unpaired) electrons. The standard InChI is InChI=1S/2C17H22N6O.3C16H20N6O/c2*1-11-5-6-23(15(24)8-18-3)9-14(11)22(4)17-13-7-12(2)21-16(13)19-10-20-17;3*1-11-5-7-22(14(23)8-17-2)9-13(11)21(3)16-12-4-6-18-15(12)19-10-20-16/h2*7,10-11,14H,5-6,8-9H2,1-2,4H3,(H,19,20,21);3*4,6,10-11,13H,5,7-9H2,1,3H3,(H,18,19,20)/t2*11-,14+;3*11-,13+/m11111/s1/i2*4D3,7D,10D;1D3,3D3,5D2,7D2,9D2,10D,11D,13D;1D3,3D3,9D2,10D,11D,13D;1D3,3D3,10D. The molecule has 10 aromatic rings. The van der Waals surface area contributed by atoms with Crippen molar-refractivity contribution in [1.29, 1.82) is 0 Å². The van der Waals surface area contributed by atoms with Crippen LogP contribution in [0.2, 0.25) is 0 Å². The Kier molecular flexibility index (Phi) is 14.8. The Morgan fingerprint density at radius 3 is 1.14 bits per heavy atom. The fourth-order valence-corrected chi connectivity index (χ4v) is 12.9. The predicted octanol–water partition coefficient (Wildman–Crippen LogP) is 8.37. The number of aryl methyl sites for hydroxylation is 2. The lowest BCUT2D eigenvalue weighted by atomic mass is 9.92. The van der Waals surface area contributed by atoms with Crippen LogP contribution in [0.15, 0.2) is 80.4 Å². The van der Waals surface area contributed by atoms with Crippen molar-refractivity contribution in [3.8, 4) is 0 Å². The van der Waals surface area contributed by atoms with Gasteiger partial charge in [0, 0.05) is 171 Å². The maximum Gasteiger partial charge on any atom is 0.302 e. The Morgan fingerprint density at radius 1 is 0.436 bits per heavy atom. The summed E-state index contributed by atoms with van der Waals surface area (Å²) < 4.78 is 354. The van der Waals surface area contributed by atoms with Crippen LogP contribution in [-0.4, -0.2) is 292 Å². The van der Waals surface area contributed by atoms with Crippen LogP contribution >= 0.6 is 0 Å². The van der Waals surface area contributed by atoms with Crippen LogP contribution in [0.4, 0.5) is 29.1 Å². The van der Waals surface area contributed by atoms with E-state index in [1.807, 2.05) is 13.8 Å². The van der Waals surface area contributed by atoms with E-state index in [1.165, 1.54) is 39.4 Å². The molecular weight excluding hydrogens is 1490 g/mol. The number of fused-ring (bicyclic) bond motifs is 5. The third kappa shape index (κ3) is 19.6. The number of hydrogen-bond acceptors (Lipinski definition) is 20. The van der Waals surface area contributed by atoms with Gasteiger partial charge in [0.05, 0.1) is 68.1 Å². The van der Waals surface area contributed by atoms with Gasteiger partial charge in [-0.1, -0.05) is 34.4 Å². The first-order chi connectivity index (χ1) is 73.4. The van der Waals surface area contributed by atoms with E-state index >= 15 is 0 Å². The Hall–Kier alpha value is -13.1. The van der Waals surface area contributed by atoms with Gasteiger partial charge in [-0.05, 0) is 106 Å². The third-order valence-electron chi connectivity index (χ3n) is 19.2. The van der Waals surface area contributed by atoms with Crippen LogP contribution in [0.25, 0.3) is 79.4 Å². The number of rotatable bonds is 15. The lowest BCUT2D eigenvalue weighted by Crippen LogP contribution is -2.53. The number of likely N-dealkylation sites (N-methyl/N-ethyl adjacent to an activating group) is 5. The van der Waals surface area contributed by atoms with Crippen LogP contribution in [0.3, 0.4) is 0 Å². The average Bonchev–Trinajstić information content (AvgIpc) is 0.772. The first-order valence-electron chi connectivity index (χ1n) is 57.1. The SMILES string of the molecule is [2H]c1nc(N(C([2H])([2H])[2H])[C@@]2([2H])C([2H])([2H])N(C(=O)C[N+]#[C-])C([2H])([2H])C([2H])([2H])[C@@]2([2H])C([2H])([2H])[2H])c2cc[nH]c2n1.[2H]c1nc(N(C([2H])([2H])[2H])[C@@]2([2H])C([2H])([2H])N(C(=O)C[N+]#[C-])CC[C@@]2([2H])C([2H])([2H])[2H])c2cc[nH]c2n1.[2H]c1nc(N([C@H]2CN(C(=O)C[N+]#[C-])CC[C@H]2C([2H])([2H])[2H])C([2H])([2H])[2H])c2cc[nH]c2n1.[2H]c1nc(N([C@H]2CN(C(=O)C[N+]#[C-])CC[C@H]2C)C([2H])([2H])[2H])c2c([2H])c(C)[nH]c2n1.[2H]c1nc(N([C@H]2CN(C(=O)C[N+]#[C-])CC[C@H]2C)C([2H])([2H])[2H])c2c([2H])c(C)[nH]c2n1. The zero-order chi connectivity index (χ0) is 121. The molecule has 612 valence electrons. The molecule has 15 rings (SSSR count). The van der Waals surface area contributed by atoms with Gasteiger partial charge in [-0.2, -0.15) is 0 Å². The van der Waals surface area contributed by atoms with Crippen molar-refractivity contribution < 1.29 is 82.9 Å². The number of aromatic amines is 5. The summed E-state index contributed by atoms with van der Waals surface area (Å²) in [4.78, 5) is 137. The first kappa shape index (κ1) is 44.7. The normalized spacial score (nSPS) is 31.5. The molecular formula is C82H104N30O5. The summed E-state index contributed by atoms with van der Waals surface area (Å²) in [6.45, 7) is 2.40. The minimum Gasteiger partial charge on any atom is -0.354 e. The zero-order valence-corrected chi connectivity index (χ0v) is 63.0. The minimum absolute atomic E-state index is 0.00863. The van der Waals surface area contributed by atoms with Crippen LogP contribution < -0.4 is 24.5 Å². The lowest BCUT2D eigenvalue weighted by molar-refractivity contribution is -0.131. The number of amides is 5. The van der Waals surface area contributed by atoms with Crippen molar-refractivity contribution in [3.05, 3.63) is 149 Å². The molecule has 35 heteroatoms. The highest BCUT2D eigenvalue weighted by atomic mass is 16.2. The van der Waals surface area contributed by atoms with Crippen molar-refractivity contribution >= 4 is 114 Å². The largest absolute Gasteiger partial charge is 0.354 e. The predicted molar refractivity (Wildman–Crippen MR) is 449 cm³/mol. The highest BCUT2D eigenvalue weighted by molar-refractivity contribution is 5.92. The average molecular weight is 1630 g/mol. The summed E-state index contributed by atoms with van der Waals surface area (Å²) >= 11 is 0. The number of H-pyrrole nitrogens is 5. The van der Waals surface area contributed by atoms with E-state index in [-0.39, 0.29) is 171 Å². The Labute approximate surface area is 741 Å². The highest BCUT2D eigenvalue weighted by Gasteiger charge is 2.39. The van der Waals surface area contributed by atoms with E-state index in [2.05, 4.69) is 99.0 Å². The summed E-state index contributed by atoms with van der Waals surface area (Å²) in [5.41, 5.74) is 1.48. The van der Waals surface area contributed by atoms with Gasteiger partial charge in [-0.3, -0.25) is 24.0 Å². The fourth-order valence-electron chi connectivity index (χ4n) is 12.9. The van der Waals surface area contributed by atoms with E-state index in [0.29, 0.717) is 47.6 Å². The zero-order valence-electron chi connectivity index (χ0n) is 106. The van der Waals surface area contributed by atoms with Crippen LogP contribution in [0.1, 0.15) is 137 Å². The van der Waals surface area contributed by atoms with Crippen molar-refractivity contribution in [1.82, 2.24) is 99.3 Å². The van der Waals surface area contributed by atoms with Crippen molar-refractivity contribution in [2.45, 2.75) is 110 Å². The molecule has 5 N–H and O–H groups in total. The second-order valence-electron chi connectivity index (χ2n) is 26.7. The fraction of sp³-hybridized carbons (Fsp3) is 0.512. The number of hydrogen-bond donors (Lipinski definition) is 5. The van der Waals surface area contributed by atoms with E-state index < -0.39 is 215 Å². The molecule has 10 aromatic heterocycles. The van der Waals surface area contributed by atoms with Gasteiger partial charge in [0.15, 0.2) is 0 Å². The summed E-state index contributed by atoms with van der Waals surface area (Å²) in [5.74, 6) is -14.3. The van der Waals surface area contributed by atoms with E-state index in [1.54, 1.807) is 19.9 Å². The van der Waals surface area contributed by atoms with Crippen molar-refractivity contribution in [3.63, 3.8) is 0 Å². The molecule has 5 fully saturated rings. The van der Waals surface area contributed by atoms with Gasteiger partial charge in [0.25, 0.3) is 32.7 Å². The number of carbonyl (C=O) groups excluding carboxylic acids is 5. The van der Waals surface area contributed by atoms with Gasteiger partial charge in [0.2, 0.25) is 0 Å². The number of nitrogens with one attached hydrogen (secondary N) is 5. The molecule has 5 amide bonds. The number of likely N-dealkylation sites (tertiary alicyclic amines) is 5. The number of aromatic nitrogens is 15. The second-order valence-corrected chi connectivity index (χ2v) is 26.7. The number of carbonyl (C=O) groups is 5. The summed E-state index contributed by atoms with van der Waals surface area (Å²) in [5, 5.41) is 0.460. The Morgan fingerprint density at radius 2 is 0.761 bits per heavy atom. The number of piperidine rings is 5.